The highest BCUT2D eigenvalue weighted by molar-refractivity contribution is 5.83. The predicted molar refractivity (Wildman–Crippen MR) is 92.4 cm³/mol. The van der Waals surface area contributed by atoms with Crippen LogP contribution >= 0.6 is 0 Å². The van der Waals surface area contributed by atoms with E-state index in [0.29, 0.717) is 0 Å². The highest BCUT2D eigenvalue weighted by atomic mass is 16.5. The molecule has 0 bridgehead atoms. The minimum absolute atomic E-state index is 0.270. The summed E-state index contributed by atoms with van der Waals surface area (Å²) < 4.78 is 7.94. The second-order valence-corrected chi connectivity index (χ2v) is 6.32. The standard InChI is InChI=1S/C18H22N4O/c1-11-12(2)22(10-13-6-5-9-23-13)17(19)16(11)18-20-14-7-3-4-8-15(14)21-18/h3-4,7-8,13H,5-6,9-10,19H2,1-2H3,(H,20,21). The van der Waals surface area contributed by atoms with E-state index in [1.807, 2.05) is 24.3 Å². The monoisotopic (exact) mass is 310 g/mol. The minimum atomic E-state index is 0.270. The average molecular weight is 310 g/mol. The lowest BCUT2D eigenvalue weighted by molar-refractivity contribution is 0.0971. The van der Waals surface area contributed by atoms with Crippen molar-refractivity contribution in [3.8, 4) is 11.4 Å². The number of H-pyrrole nitrogens is 1. The van der Waals surface area contributed by atoms with Crippen LogP contribution in [0.15, 0.2) is 24.3 Å². The van der Waals surface area contributed by atoms with Gasteiger partial charge in [0.15, 0.2) is 0 Å². The molecule has 0 amide bonds. The van der Waals surface area contributed by atoms with Crippen LogP contribution in [0.5, 0.6) is 0 Å². The summed E-state index contributed by atoms with van der Waals surface area (Å²) in [4.78, 5) is 8.10. The summed E-state index contributed by atoms with van der Waals surface area (Å²) in [6.07, 6.45) is 2.52. The number of nitrogens with zero attached hydrogens (tertiary/aromatic N) is 2. The van der Waals surface area contributed by atoms with E-state index in [1.165, 1.54) is 11.3 Å². The Balaban J connectivity index is 1.78. The first-order valence-electron chi connectivity index (χ1n) is 8.17. The molecular weight excluding hydrogens is 288 g/mol. The van der Waals surface area contributed by atoms with Crippen LogP contribution in [0.2, 0.25) is 0 Å². The number of para-hydroxylation sites is 2. The van der Waals surface area contributed by atoms with Crippen molar-refractivity contribution in [3.05, 3.63) is 35.5 Å². The van der Waals surface area contributed by atoms with Crippen molar-refractivity contribution in [1.82, 2.24) is 14.5 Å². The Morgan fingerprint density at radius 1 is 1.35 bits per heavy atom. The van der Waals surface area contributed by atoms with Crippen molar-refractivity contribution in [3.63, 3.8) is 0 Å². The lowest BCUT2D eigenvalue weighted by atomic mass is 10.1. The molecule has 1 aliphatic heterocycles. The van der Waals surface area contributed by atoms with E-state index in [2.05, 4.69) is 23.4 Å². The number of nitrogens with one attached hydrogen (secondary N) is 1. The second kappa shape index (κ2) is 5.42. The molecule has 1 atom stereocenters. The number of hydrogen-bond acceptors (Lipinski definition) is 3. The zero-order chi connectivity index (χ0) is 16.0. The number of ether oxygens (including phenoxy) is 1. The summed E-state index contributed by atoms with van der Waals surface area (Å²) in [6, 6.07) is 8.05. The Kier molecular flexibility index (Phi) is 3.38. The van der Waals surface area contributed by atoms with E-state index < -0.39 is 0 Å². The molecule has 1 aromatic carbocycles. The van der Waals surface area contributed by atoms with Gasteiger partial charge < -0.3 is 20.0 Å². The lowest BCUT2D eigenvalue weighted by Gasteiger charge is -2.14. The quantitative estimate of drug-likeness (QED) is 0.779. The molecule has 3 N–H and O–H groups in total. The third-order valence-electron chi connectivity index (χ3n) is 4.91. The molecule has 1 unspecified atom stereocenters. The minimum Gasteiger partial charge on any atom is -0.384 e. The fourth-order valence-electron chi connectivity index (χ4n) is 3.49. The molecule has 2 aromatic heterocycles. The molecule has 120 valence electrons. The molecule has 0 aliphatic carbocycles. The van der Waals surface area contributed by atoms with Crippen LogP contribution < -0.4 is 5.73 Å². The Hall–Kier alpha value is -2.27. The number of aromatic amines is 1. The molecule has 4 rings (SSSR count). The molecule has 1 fully saturated rings. The van der Waals surface area contributed by atoms with Crippen LogP contribution in [0, 0.1) is 13.8 Å². The normalized spacial score (nSPS) is 18.1. The summed E-state index contributed by atoms with van der Waals surface area (Å²) in [5.74, 6) is 1.62. The number of nitrogen functional groups attached to an aromatic ring is 1. The van der Waals surface area contributed by atoms with E-state index >= 15 is 0 Å². The number of nitrogens with two attached hydrogens (primary N) is 1. The van der Waals surface area contributed by atoms with Crippen molar-refractivity contribution >= 4 is 16.9 Å². The fourth-order valence-corrected chi connectivity index (χ4v) is 3.49. The van der Waals surface area contributed by atoms with Crippen LogP contribution in [-0.2, 0) is 11.3 Å². The second-order valence-electron chi connectivity index (χ2n) is 6.32. The van der Waals surface area contributed by atoms with Crippen molar-refractivity contribution in [2.45, 2.75) is 39.3 Å². The number of imidazole rings is 1. The van der Waals surface area contributed by atoms with Crippen LogP contribution in [0.4, 0.5) is 5.82 Å². The summed E-state index contributed by atoms with van der Waals surface area (Å²) in [5.41, 5.74) is 11.9. The molecule has 5 nitrogen and oxygen atoms in total. The molecule has 3 aromatic rings. The van der Waals surface area contributed by atoms with Gasteiger partial charge in [-0.3, -0.25) is 0 Å². The molecule has 0 saturated carbocycles. The van der Waals surface area contributed by atoms with Gasteiger partial charge in [-0.25, -0.2) is 4.98 Å². The van der Waals surface area contributed by atoms with Gasteiger partial charge in [-0.05, 0) is 44.4 Å². The Morgan fingerprint density at radius 2 is 2.17 bits per heavy atom. The third kappa shape index (κ3) is 2.32. The number of aromatic nitrogens is 3. The first-order valence-corrected chi connectivity index (χ1v) is 8.17. The van der Waals surface area contributed by atoms with Crippen molar-refractivity contribution in [2.24, 2.45) is 0 Å². The number of anilines is 1. The number of hydrogen-bond donors (Lipinski definition) is 2. The summed E-state index contributed by atoms with van der Waals surface area (Å²) >= 11 is 0. The van der Waals surface area contributed by atoms with E-state index in [0.717, 1.165) is 54.2 Å². The molecule has 3 heterocycles. The molecular formula is C18H22N4O. The molecule has 1 aliphatic rings. The van der Waals surface area contributed by atoms with Gasteiger partial charge in [0.2, 0.25) is 0 Å². The van der Waals surface area contributed by atoms with E-state index in [1.54, 1.807) is 0 Å². The van der Waals surface area contributed by atoms with Crippen LogP contribution in [-0.4, -0.2) is 27.2 Å². The van der Waals surface area contributed by atoms with Crippen LogP contribution in [0.3, 0.4) is 0 Å². The molecule has 0 spiro atoms. The van der Waals surface area contributed by atoms with E-state index in [4.69, 9.17) is 15.5 Å². The van der Waals surface area contributed by atoms with Crippen LogP contribution in [0.25, 0.3) is 22.4 Å². The highest BCUT2D eigenvalue weighted by Gasteiger charge is 2.23. The number of rotatable bonds is 3. The SMILES string of the molecule is Cc1c(-c2nc3ccccc3[nH]2)c(N)n(CC2CCCO2)c1C. The smallest absolute Gasteiger partial charge is 0.142 e. The maximum atomic E-state index is 6.48. The summed E-state index contributed by atoms with van der Waals surface area (Å²) in [6.45, 7) is 5.91. The highest BCUT2D eigenvalue weighted by Crippen LogP contribution is 2.34. The van der Waals surface area contributed by atoms with Crippen molar-refractivity contribution in [1.29, 1.82) is 0 Å². The van der Waals surface area contributed by atoms with Gasteiger partial charge >= 0.3 is 0 Å². The van der Waals surface area contributed by atoms with Gasteiger partial charge in [0.25, 0.3) is 0 Å². The topological polar surface area (TPSA) is 68.9 Å². The summed E-state index contributed by atoms with van der Waals surface area (Å²) in [5, 5.41) is 0. The van der Waals surface area contributed by atoms with Gasteiger partial charge in [-0.2, -0.15) is 0 Å². The summed E-state index contributed by atoms with van der Waals surface area (Å²) in [7, 11) is 0. The fraction of sp³-hybridized carbons (Fsp3) is 0.389. The first-order chi connectivity index (χ1) is 11.1. The Morgan fingerprint density at radius 3 is 2.91 bits per heavy atom. The van der Waals surface area contributed by atoms with Gasteiger partial charge in [-0.15, -0.1) is 0 Å². The number of benzene rings is 1. The van der Waals surface area contributed by atoms with Crippen LogP contribution in [0.1, 0.15) is 24.1 Å². The average Bonchev–Trinajstić information content (AvgIpc) is 3.24. The van der Waals surface area contributed by atoms with E-state index in [-0.39, 0.29) is 6.10 Å². The molecule has 1 saturated heterocycles. The first kappa shape index (κ1) is 14.3. The van der Waals surface area contributed by atoms with Gasteiger partial charge in [0.05, 0.1) is 29.2 Å². The van der Waals surface area contributed by atoms with E-state index in [9.17, 15) is 0 Å². The number of fused-ring (bicyclic) bond motifs is 1. The molecule has 23 heavy (non-hydrogen) atoms. The van der Waals surface area contributed by atoms with Gasteiger partial charge in [0, 0.05) is 12.3 Å². The van der Waals surface area contributed by atoms with Gasteiger partial charge in [-0.1, -0.05) is 12.1 Å². The Labute approximate surface area is 135 Å². The third-order valence-corrected chi connectivity index (χ3v) is 4.91. The van der Waals surface area contributed by atoms with Gasteiger partial charge in [0.1, 0.15) is 11.6 Å². The maximum Gasteiger partial charge on any atom is 0.142 e. The van der Waals surface area contributed by atoms with Crippen molar-refractivity contribution < 1.29 is 4.74 Å². The molecule has 0 radical (unpaired) electrons. The molecule has 5 heteroatoms. The Bertz CT molecular complexity index is 822. The zero-order valence-electron chi connectivity index (χ0n) is 13.6. The predicted octanol–water partition coefficient (Wildman–Crippen LogP) is 3.41. The maximum absolute atomic E-state index is 6.48. The largest absolute Gasteiger partial charge is 0.384 e. The lowest BCUT2D eigenvalue weighted by Crippen LogP contribution is -2.17. The zero-order valence-corrected chi connectivity index (χ0v) is 13.6. The van der Waals surface area contributed by atoms with Crippen molar-refractivity contribution in [2.75, 3.05) is 12.3 Å².